The Labute approximate surface area is 178 Å². The van der Waals surface area contributed by atoms with Gasteiger partial charge in [0, 0.05) is 12.7 Å². The molecule has 156 valence electrons. The molecule has 0 unspecified atom stereocenters. The zero-order valence-electron chi connectivity index (χ0n) is 15.9. The van der Waals surface area contributed by atoms with E-state index < -0.39 is 28.5 Å². The van der Waals surface area contributed by atoms with Gasteiger partial charge in [0.2, 0.25) is 10.0 Å². The van der Waals surface area contributed by atoms with E-state index in [-0.39, 0.29) is 27.8 Å². The Morgan fingerprint density at radius 2 is 1.90 bits per heavy atom. The van der Waals surface area contributed by atoms with Crippen LogP contribution in [0.3, 0.4) is 0 Å². The van der Waals surface area contributed by atoms with Gasteiger partial charge in [-0.15, -0.1) is 0 Å². The minimum Gasteiger partial charge on any atom is -0.452 e. The lowest BCUT2D eigenvalue weighted by atomic mass is 10.1. The summed E-state index contributed by atoms with van der Waals surface area (Å²) < 4.78 is 31.6. The van der Waals surface area contributed by atoms with Crippen LogP contribution in [-0.2, 0) is 19.6 Å². The van der Waals surface area contributed by atoms with E-state index in [0.29, 0.717) is 16.1 Å². The number of amides is 1. The number of carbonyl (C=O) groups excluding carboxylic acids is 2. The highest BCUT2D eigenvalue weighted by Gasteiger charge is 2.19. The molecular formula is C18H19Cl2N3O5S. The van der Waals surface area contributed by atoms with Crippen molar-refractivity contribution in [3.05, 3.63) is 51.1 Å². The minimum absolute atomic E-state index is 0.0373. The molecule has 1 heterocycles. The maximum atomic E-state index is 12.3. The first-order valence-electron chi connectivity index (χ1n) is 8.44. The van der Waals surface area contributed by atoms with E-state index in [9.17, 15) is 18.0 Å². The second-order valence-corrected chi connectivity index (χ2v) is 8.55. The van der Waals surface area contributed by atoms with E-state index in [4.69, 9.17) is 27.9 Å². The van der Waals surface area contributed by atoms with Gasteiger partial charge in [0.05, 0.1) is 20.5 Å². The van der Waals surface area contributed by atoms with Crippen molar-refractivity contribution >= 4 is 50.9 Å². The standard InChI is InChI=1S/C18H19Cl2N3O5S/c1-4-22-29(26,27)12-6-5-10(2)13(7-12)18(25)28-9-15(24)23-17-16(20)11(3)14(19)8-21-17/h5-8,22H,4,9H2,1-3H3,(H,21,23,24). The van der Waals surface area contributed by atoms with E-state index in [1.807, 2.05) is 0 Å². The second-order valence-electron chi connectivity index (χ2n) is 6.00. The number of rotatable bonds is 7. The van der Waals surface area contributed by atoms with Gasteiger partial charge in [-0.3, -0.25) is 4.79 Å². The van der Waals surface area contributed by atoms with E-state index in [1.165, 1.54) is 24.4 Å². The van der Waals surface area contributed by atoms with Crippen molar-refractivity contribution in [1.82, 2.24) is 9.71 Å². The van der Waals surface area contributed by atoms with Gasteiger partial charge in [-0.05, 0) is 37.1 Å². The van der Waals surface area contributed by atoms with Crippen LogP contribution < -0.4 is 10.0 Å². The number of benzene rings is 1. The fourth-order valence-corrected chi connectivity index (χ4v) is 3.74. The van der Waals surface area contributed by atoms with Crippen LogP contribution in [0.5, 0.6) is 0 Å². The SMILES string of the molecule is CCNS(=O)(=O)c1ccc(C)c(C(=O)OCC(=O)Nc2ncc(Cl)c(C)c2Cl)c1. The number of halogens is 2. The van der Waals surface area contributed by atoms with Crippen LogP contribution in [0.2, 0.25) is 10.0 Å². The molecule has 2 rings (SSSR count). The quantitative estimate of drug-likeness (QED) is 0.614. The number of esters is 1. The summed E-state index contributed by atoms with van der Waals surface area (Å²) in [5.74, 6) is -1.41. The summed E-state index contributed by atoms with van der Waals surface area (Å²) in [5, 5.41) is 2.95. The minimum atomic E-state index is -3.74. The maximum Gasteiger partial charge on any atom is 0.338 e. The third-order valence-electron chi connectivity index (χ3n) is 3.87. The summed E-state index contributed by atoms with van der Waals surface area (Å²) in [4.78, 5) is 28.3. The number of hydrogen-bond acceptors (Lipinski definition) is 6. The highest BCUT2D eigenvalue weighted by Crippen LogP contribution is 2.28. The smallest absolute Gasteiger partial charge is 0.338 e. The molecule has 0 saturated carbocycles. The van der Waals surface area contributed by atoms with Crippen molar-refractivity contribution < 1.29 is 22.7 Å². The van der Waals surface area contributed by atoms with Crippen molar-refractivity contribution in [1.29, 1.82) is 0 Å². The number of ether oxygens (including phenoxy) is 1. The van der Waals surface area contributed by atoms with Crippen LogP contribution in [0.25, 0.3) is 0 Å². The van der Waals surface area contributed by atoms with Gasteiger partial charge < -0.3 is 10.1 Å². The lowest BCUT2D eigenvalue weighted by molar-refractivity contribution is -0.119. The fourth-order valence-electron chi connectivity index (χ4n) is 2.28. The van der Waals surface area contributed by atoms with Gasteiger partial charge in [-0.1, -0.05) is 36.2 Å². The molecule has 11 heteroatoms. The molecule has 8 nitrogen and oxygen atoms in total. The zero-order chi connectivity index (χ0) is 21.8. The van der Waals surface area contributed by atoms with Crippen molar-refractivity contribution in [2.24, 2.45) is 0 Å². The number of sulfonamides is 1. The zero-order valence-corrected chi connectivity index (χ0v) is 18.2. The topological polar surface area (TPSA) is 114 Å². The predicted octanol–water partition coefficient (Wildman–Crippen LogP) is 3.10. The molecule has 1 amide bonds. The summed E-state index contributed by atoms with van der Waals surface area (Å²) in [6, 6.07) is 4.07. The number of hydrogen-bond donors (Lipinski definition) is 2. The number of anilines is 1. The first-order chi connectivity index (χ1) is 13.6. The second kappa shape index (κ2) is 9.53. The molecule has 1 aromatic carbocycles. The van der Waals surface area contributed by atoms with Crippen LogP contribution in [0.15, 0.2) is 29.3 Å². The molecule has 0 aliphatic carbocycles. The molecule has 2 aromatic rings. The van der Waals surface area contributed by atoms with Crippen LogP contribution >= 0.6 is 23.2 Å². The van der Waals surface area contributed by atoms with E-state index >= 15 is 0 Å². The normalized spacial score (nSPS) is 11.2. The van der Waals surface area contributed by atoms with E-state index in [0.717, 1.165) is 0 Å². The lowest BCUT2D eigenvalue weighted by Gasteiger charge is -2.11. The summed E-state index contributed by atoms with van der Waals surface area (Å²) in [7, 11) is -3.74. The van der Waals surface area contributed by atoms with Gasteiger partial charge in [0.1, 0.15) is 0 Å². The molecule has 0 saturated heterocycles. The van der Waals surface area contributed by atoms with Gasteiger partial charge in [0.15, 0.2) is 12.4 Å². The molecule has 0 spiro atoms. The molecule has 0 radical (unpaired) electrons. The molecule has 29 heavy (non-hydrogen) atoms. The van der Waals surface area contributed by atoms with Gasteiger partial charge >= 0.3 is 5.97 Å². The Morgan fingerprint density at radius 1 is 1.21 bits per heavy atom. The first kappa shape index (κ1) is 23.1. The fraction of sp³-hybridized carbons (Fsp3) is 0.278. The molecule has 0 atom stereocenters. The summed E-state index contributed by atoms with van der Waals surface area (Å²) >= 11 is 12.0. The van der Waals surface area contributed by atoms with Gasteiger partial charge in [-0.25, -0.2) is 22.9 Å². The van der Waals surface area contributed by atoms with Crippen molar-refractivity contribution in [2.45, 2.75) is 25.7 Å². The Hall–Kier alpha value is -2.20. The molecule has 2 N–H and O–H groups in total. The Morgan fingerprint density at radius 3 is 2.55 bits per heavy atom. The predicted molar refractivity (Wildman–Crippen MR) is 110 cm³/mol. The third-order valence-corrected chi connectivity index (χ3v) is 6.25. The largest absolute Gasteiger partial charge is 0.452 e. The molecule has 1 aromatic heterocycles. The van der Waals surface area contributed by atoms with Crippen LogP contribution in [-0.4, -0.2) is 38.4 Å². The molecule has 0 fully saturated rings. The number of aromatic nitrogens is 1. The number of pyridine rings is 1. The Balaban J connectivity index is 2.09. The maximum absolute atomic E-state index is 12.3. The monoisotopic (exact) mass is 459 g/mol. The molecule has 0 aliphatic rings. The highest BCUT2D eigenvalue weighted by molar-refractivity contribution is 7.89. The summed E-state index contributed by atoms with van der Waals surface area (Å²) in [5.41, 5.74) is 1.09. The molecular weight excluding hydrogens is 441 g/mol. The van der Waals surface area contributed by atoms with Crippen LogP contribution in [0.1, 0.15) is 28.4 Å². The van der Waals surface area contributed by atoms with Gasteiger partial charge in [0.25, 0.3) is 5.91 Å². The number of nitrogens with one attached hydrogen (secondary N) is 2. The van der Waals surface area contributed by atoms with Crippen LogP contribution in [0, 0.1) is 13.8 Å². The summed E-state index contributed by atoms with van der Waals surface area (Å²) in [6.07, 6.45) is 1.34. The van der Waals surface area contributed by atoms with Crippen molar-refractivity contribution in [3.8, 4) is 0 Å². The average molecular weight is 460 g/mol. The van der Waals surface area contributed by atoms with Crippen molar-refractivity contribution in [3.63, 3.8) is 0 Å². The van der Waals surface area contributed by atoms with Crippen LogP contribution in [0.4, 0.5) is 5.82 Å². The first-order valence-corrected chi connectivity index (χ1v) is 10.7. The summed E-state index contributed by atoms with van der Waals surface area (Å²) in [6.45, 7) is 4.53. The Kier molecular flexibility index (Phi) is 7.59. The highest BCUT2D eigenvalue weighted by atomic mass is 35.5. The van der Waals surface area contributed by atoms with E-state index in [1.54, 1.807) is 20.8 Å². The molecule has 0 bridgehead atoms. The third kappa shape index (κ3) is 5.66. The van der Waals surface area contributed by atoms with Crippen molar-refractivity contribution in [2.75, 3.05) is 18.5 Å². The van der Waals surface area contributed by atoms with Gasteiger partial charge in [-0.2, -0.15) is 0 Å². The molecule has 0 aliphatic heterocycles. The Bertz CT molecular complexity index is 1060. The average Bonchev–Trinajstić information content (AvgIpc) is 2.66. The lowest BCUT2D eigenvalue weighted by Crippen LogP contribution is -2.24. The number of carbonyl (C=O) groups is 2. The van der Waals surface area contributed by atoms with E-state index in [2.05, 4.69) is 15.0 Å². The number of nitrogens with zero attached hydrogens (tertiary/aromatic N) is 1. The number of aryl methyl sites for hydroxylation is 1.